The third-order valence-electron chi connectivity index (χ3n) is 1.65. The maximum absolute atomic E-state index is 8.29. The largest absolute Gasteiger partial charge is 0.409 e. The van der Waals surface area contributed by atoms with Gasteiger partial charge in [0.05, 0.1) is 0 Å². The molecule has 0 heterocycles. The second kappa shape index (κ2) is 6.91. The summed E-state index contributed by atoms with van der Waals surface area (Å²) < 4.78 is 5.28. The van der Waals surface area contributed by atoms with Crippen LogP contribution in [0.15, 0.2) is 5.16 Å². The van der Waals surface area contributed by atoms with Gasteiger partial charge in [-0.25, -0.2) is 0 Å². The molecular formula is C8H18N2O2. The highest BCUT2D eigenvalue weighted by Crippen LogP contribution is 1.97. The molecule has 1 atom stereocenters. The predicted octanol–water partition coefficient (Wildman–Crippen LogP) is 1.33. The molecule has 4 nitrogen and oxygen atoms in total. The van der Waals surface area contributed by atoms with Crippen molar-refractivity contribution in [2.24, 2.45) is 10.9 Å². The highest BCUT2D eigenvalue weighted by atomic mass is 16.5. The number of rotatable bonds is 6. The Morgan fingerprint density at radius 3 is 2.75 bits per heavy atom. The Kier molecular flexibility index (Phi) is 6.47. The zero-order chi connectivity index (χ0) is 9.40. The summed E-state index contributed by atoms with van der Waals surface area (Å²) in [6.45, 7) is 4.57. The lowest BCUT2D eigenvalue weighted by Gasteiger charge is -2.10. The molecule has 12 heavy (non-hydrogen) atoms. The van der Waals surface area contributed by atoms with Crippen LogP contribution < -0.4 is 5.73 Å². The van der Waals surface area contributed by atoms with Crippen LogP contribution in [0.5, 0.6) is 0 Å². The first kappa shape index (κ1) is 11.2. The molecule has 0 fully saturated rings. The number of nitrogens with two attached hydrogens (primary N) is 1. The van der Waals surface area contributed by atoms with Crippen molar-refractivity contribution < 1.29 is 9.94 Å². The number of nitrogens with zero attached hydrogens (tertiary/aromatic N) is 1. The second-order valence-electron chi connectivity index (χ2n) is 2.74. The smallest absolute Gasteiger partial charge is 0.168 e. The van der Waals surface area contributed by atoms with Crippen molar-refractivity contribution in [1.82, 2.24) is 0 Å². The van der Waals surface area contributed by atoms with Gasteiger partial charge in [-0.15, -0.1) is 0 Å². The van der Waals surface area contributed by atoms with Crippen LogP contribution in [0.25, 0.3) is 0 Å². The van der Waals surface area contributed by atoms with Gasteiger partial charge in [-0.05, 0) is 13.3 Å². The Labute approximate surface area is 73.4 Å². The van der Waals surface area contributed by atoms with E-state index in [9.17, 15) is 0 Å². The Morgan fingerprint density at radius 2 is 2.25 bits per heavy atom. The molecule has 0 amide bonds. The number of oxime groups is 1. The molecule has 0 aromatic rings. The van der Waals surface area contributed by atoms with Gasteiger partial charge in [0.2, 0.25) is 0 Å². The van der Waals surface area contributed by atoms with E-state index < -0.39 is 0 Å². The third kappa shape index (κ3) is 4.96. The fourth-order valence-corrected chi connectivity index (χ4v) is 0.779. The average molecular weight is 174 g/mol. The van der Waals surface area contributed by atoms with E-state index in [1.807, 2.05) is 0 Å². The summed E-state index contributed by atoms with van der Waals surface area (Å²) in [5, 5.41) is 11.1. The summed E-state index contributed by atoms with van der Waals surface area (Å²) in [7, 11) is 0. The lowest BCUT2D eigenvalue weighted by Crippen LogP contribution is -2.29. The van der Waals surface area contributed by atoms with E-state index in [4.69, 9.17) is 15.7 Å². The molecule has 1 unspecified atom stereocenters. The molecule has 0 aromatic carbocycles. The maximum atomic E-state index is 8.29. The summed E-state index contributed by atoms with van der Waals surface area (Å²) in [4.78, 5) is 0. The van der Waals surface area contributed by atoms with E-state index in [0.717, 1.165) is 12.8 Å². The molecule has 0 saturated heterocycles. The minimum absolute atomic E-state index is 0.131. The van der Waals surface area contributed by atoms with E-state index in [1.54, 1.807) is 6.92 Å². The van der Waals surface area contributed by atoms with Gasteiger partial charge < -0.3 is 15.7 Å². The number of hydrogen-bond donors (Lipinski definition) is 2. The fourth-order valence-electron chi connectivity index (χ4n) is 0.779. The van der Waals surface area contributed by atoms with E-state index in [2.05, 4.69) is 12.1 Å². The Morgan fingerprint density at radius 1 is 1.58 bits per heavy atom. The van der Waals surface area contributed by atoms with Crippen LogP contribution in [-0.2, 0) is 4.74 Å². The second-order valence-corrected chi connectivity index (χ2v) is 2.74. The van der Waals surface area contributed by atoms with Gasteiger partial charge in [0, 0.05) is 6.61 Å². The molecule has 72 valence electrons. The lowest BCUT2D eigenvalue weighted by molar-refractivity contribution is 0.103. The molecule has 0 saturated carbocycles. The summed E-state index contributed by atoms with van der Waals surface area (Å²) >= 11 is 0. The fraction of sp³-hybridized carbons (Fsp3) is 0.875. The van der Waals surface area contributed by atoms with Crippen molar-refractivity contribution in [3.05, 3.63) is 0 Å². The molecule has 0 bridgehead atoms. The highest BCUT2D eigenvalue weighted by Gasteiger charge is 2.06. The van der Waals surface area contributed by atoms with Crippen LogP contribution >= 0.6 is 0 Å². The molecule has 0 rings (SSSR count). The van der Waals surface area contributed by atoms with Gasteiger partial charge in [0.15, 0.2) is 5.84 Å². The number of hydrogen-bond acceptors (Lipinski definition) is 3. The van der Waals surface area contributed by atoms with Crippen molar-refractivity contribution >= 4 is 5.84 Å². The normalized spacial score (nSPS) is 14.7. The molecule has 0 aliphatic carbocycles. The molecular weight excluding hydrogens is 156 g/mol. The average Bonchev–Trinajstić information content (AvgIpc) is 2.10. The zero-order valence-electron chi connectivity index (χ0n) is 7.79. The Bertz CT molecular complexity index is 137. The van der Waals surface area contributed by atoms with Crippen LogP contribution in [0, 0.1) is 0 Å². The zero-order valence-corrected chi connectivity index (χ0v) is 7.79. The molecule has 4 heteroatoms. The first-order valence-corrected chi connectivity index (χ1v) is 4.31. The minimum atomic E-state index is -0.285. The van der Waals surface area contributed by atoms with Crippen molar-refractivity contribution in [1.29, 1.82) is 0 Å². The predicted molar refractivity (Wildman–Crippen MR) is 48.3 cm³/mol. The molecule has 0 aliphatic heterocycles. The molecule has 0 radical (unpaired) electrons. The SMILES string of the molecule is CCCCCOC(C)C(N)=NO. The summed E-state index contributed by atoms with van der Waals surface area (Å²) in [5.41, 5.74) is 5.31. The lowest BCUT2D eigenvalue weighted by atomic mass is 10.3. The van der Waals surface area contributed by atoms with Crippen LogP contribution in [0.3, 0.4) is 0 Å². The van der Waals surface area contributed by atoms with E-state index in [0.29, 0.717) is 6.61 Å². The third-order valence-corrected chi connectivity index (χ3v) is 1.65. The molecule has 3 N–H and O–H groups in total. The molecule has 0 spiro atoms. The number of ether oxygens (including phenoxy) is 1. The van der Waals surface area contributed by atoms with Gasteiger partial charge in [-0.3, -0.25) is 0 Å². The van der Waals surface area contributed by atoms with Gasteiger partial charge >= 0.3 is 0 Å². The van der Waals surface area contributed by atoms with E-state index in [1.165, 1.54) is 6.42 Å². The maximum Gasteiger partial charge on any atom is 0.168 e. The van der Waals surface area contributed by atoms with Crippen LogP contribution in [-0.4, -0.2) is 23.8 Å². The number of amidine groups is 1. The highest BCUT2D eigenvalue weighted by molar-refractivity contribution is 5.83. The van der Waals surface area contributed by atoms with Crippen molar-refractivity contribution in [2.75, 3.05) is 6.61 Å². The Hall–Kier alpha value is -0.770. The topological polar surface area (TPSA) is 67.8 Å². The van der Waals surface area contributed by atoms with Gasteiger partial charge in [0.25, 0.3) is 0 Å². The monoisotopic (exact) mass is 174 g/mol. The summed E-state index contributed by atoms with van der Waals surface area (Å²) in [6, 6.07) is 0. The van der Waals surface area contributed by atoms with Gasteiger partial charge in [0.1, 0.15) is 6.10 Å². The minimum Gasteiger partial charge on any atom is -0.409 e. The van der Waals surface area contributed by atoms with Crippen molar-refractivity contribution in [2.45, 2.75) is 39.2 Å². The standard InChI is InChI=1S/C8H18N2O2/c1-3-4-5-6-12-7(2)8(9)10-11/h7,11H,3-6H2,1-2H3,(H2,9,10). The number of unbranched alkanes of at least 4 members (excludes halogenated alkanes) is 2. The van der Waals surface area contributed by atoms with Crippen molar-refractivity contribution in [3.8, 4) is 0 Å². The first-order valence-electron chi connectivity index (χ1n) is 4.31. The van der Waals surface area contributed by atoms with Crippen molar-refractivity contribution in [3.63, 3.8) is 0 Å². The molecule has 0 aromatic heterocycles. The summed E-state index contributed by atoms with van der Waals surface area (Å²) in [5.74, 6) is 0.131. The van der Waals surface area contributed by atoms with Gasteiger partial charge in [-0.2, -0.15) is 0 Å². The quantitative estimate of drug-likeness (QED) is 0.210. The van der Waals surface area contributed by atoms with Crippen LogP contribution in [0.4, 0.5) is 0 Å². The van der Waals surface area contributed by atoms with Crippen LogP contribution in [0.2, 0.25) is 0 Å². The van der Waals surface area contributed by atoms with E-state index >= 15 is 0 Å². The Balaban J connectivity index is 3.37. The van der Waals surface area contributed by atoms with Crippen LogP contribution in [0.1, 0.15) is 33.1 Å². The van der Waals surface area contributed by atoms with Gasteiger partial charge in [-0.1, -0.05) is 24.9 Å². The molecule has 0 aliphatic rings. The first-order chi connectivity index (χ1) is 5.72. The summed E-state index contributed by atoms with van der Waals surface area (Å²) in [6.07, 6.45) is 3.07. The van der Waals surface area contributed by atoms with E-state index in [-0.39, 0.29) is 11.9 Å².